The molecule has 1 unspecified atom stereocenters. The lowest BCUT2D eigenvalue weighted by molar-refractivity contribution is -0.384. The molecule has 0 saturated carbocycles. The van der Waals surface area contributed by atoms with Gasteiger partial charge in [-0.05, 0) is 62.1 Å². The number of carboxylic acids is 1. The van der Waals surface area contributed by atoms with Crippen LogP contribution in [0.25, 0.3) is 0 Å². The summed E-state index contributed by atoms with van der Waals surface area (Å²) in [4.78, 5) is 34.8. The summed E-state index contributed by atoms with van der Waals surface area (Å²) < 4.78 is 12.0. The van der Waals surface area contributed by atoms with Crippen LogP contribution in [0.15, 0.2) is 48.1 Å². The van der Waals surface area contributed by atoms with Crippen molar-refractivity contribution in [1.29, 1.82) is 0 Å². The zero-order chi connectivity index (χ0) is 29.6. The van der Waals surface area contributed by atoms with E-state index in [1.54, 1.807) is 19.9 Å². The highest BCUT2D eigenvalue weighted by Crippen LogP contribution is 2.44. The first-order valence-electron chi connectivity index (χ1n) is 13.6. The number of ether oxygens (including phenoxy) is 2. The molecular formula is C29H39NO10. The Bertz CT molecular complexity index is 1120. The van der Waals surface area contributed by atoms with Gasteiger partial charge in [-0.15, -0.1) is 0 Å². The van der Waals surface area contributed by atoms with Crippen molar-refractivity contribution in [2.45, 2.75) is 89.3 Å². The van der Waals surface area contributed by atoms with Crippen molar-refractivity contribution in [3.63, 3.8) is 0 Å². The molecule has 40 heavy (non-hydrogen) atoms. The largest absolute Gasteiger partial charge is 0.481 e. The Morgan fingerprint density at radius 2 is 1.88 bits per heavy atom. The number of non-ortho nitro benzene ring substituents is 1. The number of fused-ring (bicyclic) bond motifs is 1. The third kappa shape index (κ3) is 7.89. The maximum absolute atomic E-state index is 13.5. The fraction of sp³-hybridized carbons (Fsp3) is 0.586. The molecule has 220 valence electrons. The first-order chi connectivity index (χ1) is 18.8. The van der Waals surface area contributed by atoms with E-state index < -0.39 is 53.3 Å². The van der Waals surface area contributed by atoms with E-state index in [1.807, 2.05) is 19.1 Å². The zero-order valence-corrected chi connectivity index (χ0v) is 23.0. The van der Waals surface area contributed by atoms with Crippen LogP contribution < -0.4 is 4.74 Å². The van der Waals surface area contributed by atoms with Crippen molar-refractivity contribution in [2.75, 3.05) is 0 Å². The zero-order valence-electron chi connectivity index (χ0n) is 23.0. The smallest absolute Gasteiger partial charge is 0.350 e. The molecule has 0 aromatic heterocycles. The van der Waals surface area contributed by atoms with Crippen molar-refractivity contribution in [3.8, 4) is 5.75 Å². The molecule has 0 saturated heterocycles. The molecule has 11 heteroatoms. The van der Waals surface area contributed by atoms with Gasteiger partial charge in [0.1, 0.15) is 11.9 Å². The molecule has 2 aliphatic rings. The van der Waals surface area contributed by atoms with Crippen LogP contribution in [0.1, 0.15) is 59.3 Å². The summed E-state index contributed by atoms with van der Waals surface area (Å²) in [6.07, 6.45) is 2.98. The number of aliphatic hydroxyl groups is 3. The minimum Gasteiger partial charge on any atom is -0.481 e. The summed E-state index contributed by atoms with van der Waals surface area (Å²) in [5.41, 5.74) is -0.643. The third-order valence-electron chi connectivity index (χ3n) is 7.92. The summed E-state index contributed by atoms with van der Waals surface area (Å²) in [5.74, 6) is -1.70. The number of carbonyl (C=O) groups is 2. The number of nitro benzene ring substituents is 1. The molecule has 0 bridgehead atoms. The number of aliphatic hydroxyl groups excluding tert-OH is 3. The van der Waals surface area contributed by atoms with Gasteiger partial charge in [-0.1, -0.05) is 32.1 Å². The highest BCUT2D eigenvalue weighted by Gasteiger charge is 2.45. The predicted octanol–water partition coefficient (Wildman–Crippen LogP) is 3.55. The number of hydrogen-bond donors (Lipinski definition) is 4. The molecule has 0 spiro atoms. The van der Waals surface area contributed by atoms with Gasteiger partial charge in [0.25, 0.3) is 5.69 Å². The Morgan fingerprint density at radius 1 is 1.20 bits per heavy atom. The van der Waals surface area contributed by atoms with Gasteiger partial charge in [0, 0.05) is 24.5 Å². The Morgan fingerprint density at radius 3 is 2.48 bits per heavy atom. The second-order valence-corrected chi connectivity index (χ2v) is 11.0. The van der Waals surface area contributed by atoms with Crippen LogP contribution >= 0.6 is 0 Å². The van der Waals surface area contributed by atoms with E-state index in [1.165, 1.54) is 24.3 Å². The molecule has 0 heterocycles. The second kappa shape index (κ2) is 13.4. The Hall–Kier alpha value is -3.28. The van der Waals surface area contributed by atoms with Gasteiger partial charge < -0.3 is 29.9 Å². The number of allylic oxidation sites excluding steroid dienone is 2. The van der Waals surface area contributed by atoms with E-state index >= 15 is 0 Å². The fourth-order valence-corrected chi connectivity index (χ4v) is 5.50. The SMILES string of the molecule is CCC(C)(Oc1ccc([N+](=O)[O-])cc1)C(=O)O[C@H]1C[C@H](O)C=C2C=C[C@@H](C)[C@H](CC[C@@H](O)C[C@@H](O)CC(=O)O)[C@H]21. The van der Waals surface area contributed by atoms with Crippen LogP contribution in [0.4, 0.5) is 5.69 Å². The molecule has 2 aliphatic carbocycles. The van der Waals surface area contributed by atoms with Gasteiger partial charge in [0.05, 0.1) is 29.7 Å². The number of hydrogen-bond acceptors (Lipinski definition) is 9. The molecule has 4 N–H and O–H groups in total. The van der Waals surface area contributed by atoms with E-state index in [4.69, 9.17) is 14.6 Å². The van der Waals surface area contributed by atoms with Gasteiger partial charge in [-0.3, -0.25) is 14.9 Å². The highest BCUT2D eigenvalue weighted by molar-refractivity contribution is 5.79. The fourth-order valence-electron chi connectivity index (χ4n) is 5.50. The lowest BCUT2D eigenvalue weighted by Crippen LogP contribution is -2.48. The molecule has 0 amide bonds. The molecule has 1 aromatic rings. The first-order valence-corrected chi connectivity index (χ1v) is 13.6. The minimum absolute atomic E-state index is 0.0451. The molecule has 0 radical (unpaired) electrons. The normalized spacial score (nSPS) is 26.9. The van der Waals surface area contributed by atoms with Crippen LogP contribution in [0.5, 0.6) is 5.75 Å². The maximum atomic E-state index is 13.5. The van der Waals surface area contributed by atoms with Gasteiger partial charge in [-0.25, -0.2) is 4.79 Å². The van der Waals surface area contributed by atoms with Gasteiger partial charge in [-0.2, -0.15) is 0 Å². The van der Waals surface area contributed by atoms with Gasteiger partial charge in [0.15, 0.2) is 0 Å². The third-order valence-corrected chi connectivity index (χ3v) is 7.92. The lowest BCUT2D eigenvalue weighted by atomic mass is 9.66. The number of carbonyl (C=O) groups excluding carboxylic acids is 1. The average molecular weight is 562 g/mol. The number of nitro groups is 1. The van der Waals surface area contributed by atoms with E-state index in [0.29, 0.717) is 12.8 Å². The molecule has 0 aliphatic heterocycles. The summed E-state index contributed by atoms with van der Waals surface area (Å²) in [6.45, 7) is 5.38. The molecule has 11 nitrogen and oxygen atoms in total. The van der Waals surface area contributed by atoms with Crippen LogP contribution in [-0.4, -0.2) is 67.3 Å². The highest BCUT2D eigenvalue weighted by atomic mass is 16.6. The predicted molar refractivity (Wildman–Crippen MR) is 144 cm³/mol. The van der Waals surface area contributed by atoms with Crippen LogP contribution in [-0.2, 0) is 14.3 Å². The Balaban J connectivity index is 1.74. The van der Waals surface area contributed by atoms with Crippen molar-refractivity contribution < 1.29 is 44.4 Å². The van der Waals surface area contributed by atoms with Crippen LogP contribution in [0, 0.1) is 27.9 Å². The van der Waals surface area contributed by atoms with Gasteiger partial charge in [0.2, 0.25) is 5.60 Å². The average Bonchev–Trinajstić information content (AvgIpc) is 2.87. The Kier molecular flexibility index (Phi) is 10.5. The molecule has 8 atom stereocenters. The summed E-state index contributed by atoms with van der Waals surface area (Å²) in [5, 5.41) is 50.7. The van der Waals surface area contributed by atoms with Crippen LogP contribution in [0.3, 0.4) is 0 Å². The number of nitrogens with zero attached hydrogens (tertiary/aromatic N) is 1. The molecule has 0 fully saturated rings. The summed E-state index contributed by atoms with van der Waals surface area (Å²) in [7, 11) is 0. The maximum Gasteiger partial charge on any atom is 0.350 e. The quantitative estimate of drug-likeness (QED) is 0.158. The van der Waals surface area contributed by atoms with Gasteiger partial charge >= 0.3 is 11.9 Å². The second-order valence-electron chi connectivity index (χ2n) is 11.0. The first kappa shape index (κ1) is 31.3. The summed E-state index contributed by atoms with van der Waals surface area (Å²) in [6, 6.07) is 5.43. The lowest BCUT2D eigenvalue weighted by Gasteiger charge is -2.43. The number of rotatable bonds is 13. The molecule has 3 rings (SSSR count). The van der Waals surface area contributed by atoms with Crippen molar-refractivity contribution in [2.24, 2.45) is 17.8 Å². The molecule has 1 aromatic carbocycles. The summed E-state index contributed by atoms with van der Waals surface area (Å²) >= 11 is 0. The minimum atomic E-state index is -1.38. The monoisotopic (exact) mass is 561 g/mol. The van der Waals surface area contributed by atoms with Crippen molar-refractivity contribution >= 4 is 17.6 Å². The van der Waals surface area contributed by atoms with Crippen LogP contribution in [0.2, 0.25) is 0 Å². The van der Waals surface area contributed by atoms with E-state index in [2.05, 4.69) is 0 Å². The number of benzene rings is 1. The van der Waals surface area contributed by atoms with E-state index in [9.17, 15) is 35.0 Å². The van der Waals surface area contributed by atoms with E-state index in [-0.39, 0.29) is 48.5 Å². The molecular weight excluding hydrogens is 522 g/mol. The topological polar surface area (TPSA) is 177 Å². The van der Waals surface area contributed by atoms with Crippen molar-refractivity contribution in [1.82, 2.24) is 0 Å². The Labute approximate surface area is 233 Å². The number of esters is 1. The number of aliphatic carboxylic acids is 1. The standard InChI is InChI=1S/C29H39NO10/c1-4-29(3,40-23-10-7-19(8-11-23)30(37)38)28(36)39-25-15-21(32)13-18-6-5-17(2)24(27(18)25)12-9-20(31)14-22(33)16-26(34)35/h5-8,10-11,13,17,20-22,24-25,27,31-33H,4,9,12,14-16H2,1-3H3,(H,34,35)/t17-,20-,21-,22-,24+,25+,27+,29?/m1/s1. The van der Waals surface area contributed by atoms with Crippen molar-refractivity contribution in [3.05, 3.63) is 58.2 Å². The van der Waals surface area contributed by atoms with E-state index in [0.717, 1.165) is 5.57 Å². The number of carboxylic acid groups (broad SMARTS) is 1.